The van der Waals surface area contributed by atoms with Crippen molar-refractivity contribution in [3.8, 4) is 6.07 Å². The molecule has 1 N–H and O–H groups in total. The van der Waals surface area contributed by atoms with Crippen molar-refractivity contribution in [3.63, 3.8) is 0 Å². The molecule has 0 amide bonds. The third kappa shape index (κ3) is 4.13. The Morgan fingerprint density at radius 1 is 1.16 bits per heavy atom. The topological polar surface area (TPSA) is 99.0 Å². The Morgan fingerprint density at radius 2 is 1.92 bits per heavy atom. The van der Waals surface area contributed by atoms with Crippen molar-refractivity contribution >= 4 is 15.8 Å². The highest BCUT2D eigenvalue weighted by atomic mass is 32.2. The van der Waals surface area contributed by atoms with E-state index in [0.717, 1.165) is 31.7 Å². The molecule has 3 rings (SSSR count). The summed E-state index contributed by atoms with van der Waals surface area (Å²) in [5, 5.41) is 9.08. The fourth-order valence-electron chi connectivity index (χ4n) is 2.80. The van der Waals surface area contributed by atoms with Gasteiger partial charge < -0.3 is 4.90 Å². The van der Waals surface area contributed by atoms with Crippen molar-refractivity contribution in [2.45, 2.75) is 30.7 Å². The van der Waals surface area contributed by atoms with Gasteiger partial charge in [-0.15, -0.1) is 0 Å². The van der Waals surface area contributed by atoms with Gasteiger partial charge in [-0.1, -0.05) is 12.1 Å². The summed E-state index contributed by atoms with van der Waals surface area (Å²) in [6, 6.07) is 9.83. The van der Waals surface area contributed by atoms with Gasteiger partial charge in [-0.2, -0.15) is 5.26 Å². The van der Waals surface area contributed by atoms with Crippen LogP contribution in [0.25, 0.3) is 0 Å². The van der Waals surface area contributed by atoms with Crippen LogP contribution >= 0.6 is 0 Å². The number of piperidine rings is 1. The predicted molar refractivity (Wildman–Crippen MR) is 93.3 cm³/mol. The van der Waals surface area contributed by atoms with Crippen molar-refractivity contribution in [1.82, 2.24) is 14.7 Å². The Labute approximate surface area is 147 Å². The molecule has 7 nitrogen and oxygen atoms in total. The largest absolute Gasteiger partial charge is 0.357 e. The lowest BCUT2D eigenvalue weighted by Gasteiger charge is -2.27. The molecule has 0 bridgehead atoms. The standard InChI is InChI=1S/C17H19N5O2S/c18-12-14-6-2-3-7-15(14)25(23,24)20-13-16-19-9-8-17(21-16)22-10-4-1-5-11-22/h2-3,6-9,20H,1,4-5,10-11,13H2. The average molecular weight is 357 g/mol. The molecule has 8 heteroatoms. The summed E-state index contributed by atoms with van der Waals surface area (Å²) in [6.45, 7) is 1.89. The highest BCUT2D eigenvalue weighted by Crippen LogP contribution is 2.17. The second-order valence-corrected chi connectivity index (χ2v) is 7.55. The molecule has 1 aromatic heterocycles. The second-order valence-electron chi connectivity index (χ2n) is 5.81. The lowest BCUT2D eigenvalue weighted by molar-refractivity contribution is 0.569. The average Bonchev–Trinajstić information content (AvgIpc) is 2.67. The Balaban J connectivity index is 1.74. The van der Waals surface area contributed by atoms with Crippen molar-refractivity contribution < 1.29 is 8.42 Å². The summed E-state index contributed by atoms with van der Waals surface area (Å²) in [5.74, 6) is 1.22. The van der Waals surface area contributed by atoms with Gasteiger partial charge >= 0.3 is 0 Å². The summed E-state index contributed by atoms with van der Waals surface area (Å²) < 4.78 is 27.4. The van der Waals surface area contributed by atoms with E-state index in [4.69, 9.17) is 5.26 Å². The first-order chi connectivity index (χ1) is 12.1. The van der Waals surface area contributed by atoms with E-state index in [9.17, 15) is 8.42 Å². The van der Waals surface area contributed by atoms with Crippen molar-refractivity contribution in [2.75, 3.05) is 18.0 Å². The lowest BCUT2D eigenvalue weighted by Crippen LogP contribution is -2.31. The van der Waals surface area contributed by atoms with Gasteiger partial charge in [0.2, 0.25) is 10.0 Å². The summed E-state index contributed by atoms with van der Waals surface area (Å²) in [6.07, 6.45) is 5.14. The zero-order valence-corrected chi connectivity index (χ0v) is 14.5. The van der Waals surface area contributed by atoms with Crippen molar-refractivity contribution in [1.29, 1.82) is 5.26 Å². The Hall–Kier alpha value is -2.50. The predicted octanol–water partition coefficient (Wildman–Crippen LogP) is 1.82. The molecule has 0 spiro atoms. The fourth-order valence-corrected chi connectivity index (χ4v) is 3.94. The SMILES string of the molecule is N#Cc1ccccc1S(=O)(=O)NCc1nccc(N2CCCCC2)n1. The number of hydrogen-bond donors (Lipinski definition) is 1. The number of hydrogen-bond acceptors (Lipinski definition) is 6. The van der Waals surface area contributed by atoms with Gasteiger partial charge in [0.05, 0.1) is 17.0 Å². The van der Waals surface area contributed by atoms with Gasteiger partial charge in [-0.25, -0.2) is 23.1 Å². The molecule has 1 saturated heterocycles. The Morgan fingerprint density at radius 3 is 2.68 bits per heavy atom. The third-order valence-electron chi connectivity index (χ3n) is 4.09. The van der Waals surface area contributed by atoms with Gasteiger partial charge in [0.25, 0.3) is 0 Å². The summed E-state index contributed by atoms with van der Waals surface area (Å²) in [5.41, 5.74) is 0.109. The number of anilines is 1. The minimum atomic E-state index is -3.81. The van der Waals surface area contributed by atoms with Gasteiger partial charge in [-0.05, 0) is 37.5 Å². The van der Waals surface area contributed by atoms with E-state index in [1.807, 2.05) is 12.1 Å². The summed E-state index contributed by atoms with van der Waals surface area (Å²) >= 11 is 0. The normalized spacial score (nSPS) is 14.9. The summed E-state index contributed by atoms with van der Waals surface area (Å²) in [4.78, 5) is 10.8. The highest BCUT2D eigenvalue weighted by Gasteiger charge is 2.19. The first kappa shape index (κ1) is 17.3. The molecule has 0 radical (unpaired) electrons. The fraction of sp³-hybridized carbons (Fsp3) is 0.353. The van der Waals surface area contributed by atoms with Crippen LogP contribution in [0.15, 0.2) is 41.4 Å². The number of sulfonamides is 1. The molecule has 25 heavy (non-hydrogen) atoms. The van der Waals surface area contributed by atoms with Crippen molar-refractivity contribution in [2.24, 2.45) is 0 Å². The van der Waals surface area contributed by atoms with Crippen LogP contribution in [0.1, 0.15) is 30.7 Å². The van der Waals surface area contributed by atoms with Crippen molar-refractivity contribution in [3.05, 3.63) is 47.9 Å². The zero-order valence-electron chi connectivity index (χ0n) is 13.7. The van der Waals surface area contributed by atoms with Crippen LogP contribution in [0.4, 0.5) is 5.82 Å². The second kappa shape index (κ2) is 7.59. The number of aromatic nitrogens is 2. The zero-order chi connectivity index (χ0) is 17.7. The number of nitriles is 1. The molecule has 0 saturated carbocycles. The lowest BCUT2D eigenvalue weighted by atomic mass is 10.1. The van der Waals surface area contributed by atoms with E-state index in [1.54, 1.807) is 18.3 Å². The molecule has 0 aliphatic carbocycles. The monoisotopic (exact) mass is 357 g/mol. The highest BCUT2D eigenvalue weighted by molar-refractivity contribution is 7.89. The molecular weight excluding hydrogens is 338 g/mol. The van der Waals surface area contributed by atoms with E-state index in [-0.39, 0.29) is 17.0 Å². The number of rotatable bonds is 5. The molecule has 1 aliphatic heterocycles. The van der Waals surface area contributed by atoms with E-state index in [1.165, 1.54) is 18.6 Å². The van der Waals surface area contributed by atoms with Crippen LogP contribution in [-0.4, -0.2) is 31.5 Å². The molecule has 130 valence electrons. The molecule has 1 fully saturated rings. The molecule has 2 heterocycles. The van der Waals surface area contributed by atoms with Crippen LogP contribution in [0, 0.1) is 11.3 Å². The van der Waals surface area contributed by atoms with Crippen LogP contribution < -0.4 is 9.62 Å². The van der Waals surface area contributed by atoms with Gasteiger partial charge in [0.1, 0.15) is 17.7 Å². The van der Waals surface area contributed by atoms with Gasteiger partial charge in [0.15, 0.2) is 0 Å². The molecule has 0 atom stereocenters. The molecular formula is C17H19N5O2S. The first-order valence-corrected chi connectivity index (χ1v) is 9.64. The quantitative estimate of drug-likeness (QED) is 0.876. The van der Waals surface area contributed by atoms with E-state index in [2.05, 4.69) is 19.6 Å². The third-order valence-corrected chi connectivity index (χ3v) is 5.55. The molecule has 2 aromatic rings. The maximum absolute atomic E-state index is 12.4. The number of nitrogens with zero attached hydrogens (tertiary/aromatic N) is 4. The van der Waals surface area contributed by atoms with Crippen LogP contribution in [0.3, 0.4) is 0 Å². The van der Waals surface area contributed by atoms with E-state index < -0.39 is 10.0 Å². The first-order valence-electron chi connectivity index (χ1n) is 8.16. The minimum absolute atomic E-state index is 0.0240. The minimum Gasteiger partial charge on any atom is -0.357 e. The molecule has 0 unspecified atom stereocenters. The Kier molecular flexibility index (Phi) is 5.26. The van der Waals surface area contributed by atoms with E-state index in [0.29, 0.717) is 5.82 Å². The maximum Gasteiger partial charge on any atom is 0.242 e. The van der Waals surface area contributed by atoms with Crippen LogP contribution in [0.5, 0.6) is 0 Å². The molecule has 1 aromatic carbocycles. The van der Waals surface area contributed by atoms with Gasteiger partial charge in [0, 0.05) is 19.3 Å². The summed E-state index contributed by atoms with van der Waals surface area (Å²) in [7, 11) is -3.81. The Bertz CT molecular complexity index is 886. The molecule has 1 aliphatic rings. The number of benzene rings is 1. The van der Waals surface area contributed by atoms with E-state index >= 15 is 0 Å². The number of nitrogens with one attached hydrogen (secondary N) is 1. The van der Waals surface area contributed by atoms with Crippen LogP contribution in [-0.2, 0) is 16.6 Å². The van der Waals surface area contributed by atoms with Gasteiger partial charge in [-0.3, -0.25) is 0 Å². The smallest absolute Gasteiger partial charge is 0.242 e. The van der Waals surface area contributed by atoms with Crippen LogP contribution in [0.2, 0.25) is 0 Å². The maximum atomic E-state index is 12.4.